The van der Waals surface area contributed by atoms with E-state index in [2.05, 4.69) is 0 Å². The molecule has 0 unspecified atom stereocenters. The first-order valence-corrected chi connectivity index (χ1v) is 4.99. The molecule has 0 atom stereocenters. The smallest absolute Gasteiger partial charge is 0.529 e. The number of benzene rings is 1. The van der Waals surface area contributed by atoms with E-state index in [1.807, 2.05) is 0 Å². The predicted octanol–water partition coefficient (Wildman–Crippen LogP) is -4.11. The number of anilines is 1. The normalized spacial score (nSPS) is 10.1. The summed E-state index contributed by atoms with van der Waals surface area (Å²) in [7, 11) is -4.04. The molecule has 1 amide bonds. The van der Waals surface area contributed by atoms with E-state index in [0.717, 1.165) is 0 Å². The maximum atomic E-state index is 11.2. The molecule has 0 saturated heterocycles. The Bertz CT molecular complexity index is 443. The van der Waals surface area contributed by atoms with Gasteiger partial charge in [0, 0.05) is 5.69 Å². The summed E-state index contributed by atoms with van der Waals surface area (Å²) in [5.41, 5.74) is 5.71. The maximum absolute atomic E-state index is 11.2. The van der Waals surface area contributed by atoms with Gasteiger partial charge in [-0.3, -0.25) is 4.72 Å². The Kier molecular flexibility index (Phi) is 5.09. The van der Waals surface area contributed by atoms with Crippen LogP contribution in [-0.2, 0) is 10.0 Å². The molecule has 0 aliphatic carbocycles. The Morgan fingerprint density at radius 2 is 1.73 bits per heavy atom. The van der Waals surface area contributed by atoms with Gasteiger partial charge in [0.1, 0.15) is 6.09 Å². The molecule has 0 aromatic heterocycles. The van der Waals surface area contributed by atoms with Gasteiger partial charge in [-0.25, -0.2) is 8.42 Å². The number of nitrogen functional groups attached to an aromatic ring is 1. The number of hydrogen-bond acceptors (Lipinski definition) is 5. The average Bonchev–Trinajstić information content (AvgIpc) is 2.02. The molecule has 76 valence electrons. The van der Waals surface area contributed by atoms with Crippen LogP contribution >= 0.6 is 0 Å². The van der Waals surface area contributed by atoms with Crippen LogP contribution in [0.1, 0.15) is 0 Å². The van der Waals surface area contributed by atoms with Crippen molar-refractivity contribution in [2.75, 3.05) is 5.73 Å². The first-order chi connectivity index (χ1) is 6.42. The fraction of sp³-hybridized carbons (Fsp3) is 0. The van der Waals surface area contributed by atoms with Crippen molar-refractivity contribution in [3.05, 3.63) is 24.3 Å². The van der Waals surface area contributed by atoms with Crippen LogP contribution in [0.4, 0.5) is 10.5 Å². The van der Waals surface area contributed by atoms with E-state index in [9.17, 15) is 18.3 Å². The minimum absolute atomic E-state index is 0. The molecule has 1 aromatic rings. The van der Waals surface area contributed by atoms with Crippen molar-refractivity contribution in [3.8, 4) is 0 Å². The number of hydrogen-bond donors (Lipinski definition) is 2. The molecular formula is C7H7N2NaO4S. The summed E-state index contributed by atoms with van der Waals surface area (Å²) in [5.74, 6) is 0. The zero-order valence-corrected chi connectivity index (χ0v) is 10.7. The summed E-state index contributed by atoms with van der Waals surface area (Å²) in [5, 5.41) is 10.0. The molecule has 0 bridgehead atoms. The van der Waals surface area contributed by atoms with Crippen molar-refractivity contribution in [2.45, 2.75) is 4.90 Å². The van der Waals surface area contributed by atoms with Gasteiger partial charge < -0.3 is 15.6 Å². The molecule has 0 heterocycles. The second-order valence-electron chi connectivity index (χ2n) is 2.46. The number of nitrogens with one attached hydrogen (secondary N) is 1. The van der Waals surface area contributed by atoms with E-state index in [4.69, 9.17) is 5.73 Å². The number of carboxylic acid groups (broad SMARTS) is 1. The van der Waals surface area contributed by atoms with Gasteiger partial charge in [-0.1, -0.05) is 0 Å². The second kappa shape index (κ2) is 5.36. The largest absolute Gasteiger partial charge is 1.00 e. The van der Waals surface area contributed by atoms with Crippen LogP contribution < -0.4 is 45.1 Å². The van der Waals surface area contributed by atoms with E-state index >= 15 is 0 Å². The Labute approximate surface area is 109 Å². The van der Waals surface area contributed by atoms with Crippen LogP contribution in [0.2, 0.25) is 0 Å². The minimum Gasteiger partial charge on any atom is -0.529 e. The Hall–Kier alpha value is -0.760. The van der Waals surface area contributed by atoms with Crippen LogP contribution in [-0.4, -0.2) is 14.5 Å². The van der Waals surface area contributed by atoms with Gasteiger partial charge >= 0.3 is 29.6 Å². The summed E-state index contributed by atoms with van der Waals surface area (Å²) >= 11 is 0. The summed E-state index contributed by atoms with van der Waals surface area (Å²) < 4.78 is 23.7. The second-order valence-corrected chi connectivity index (χ2v) is 4.14. The van der Waals surface area contributed by atoms with Crippen molar-refractivity contribution in [2.24, 2.45) is 0 Å². The average molecular weight is 238 g/mol. The molecule has 0 spiro atoms. The Morgan fingerprint density at radius 3 is 2.13 bits per heavy atom. The third-order valence-electron chi connectivity index (χ3n) is 1.41. The van der Waals surface area contributed by atoms with E-state index in [1.165, 1.54) is 29.0 Å². The van der Waals surface area contributed by atoms with E-state index < -0.39 is 16.1 Å². The molecule has 15 heavy (non-hydrogen) atoms. The van der Waals surface area contributed by atoms with Gasteiger partial charge in [-0.2, -0.15) is 0 Å². The van der Waals surface area contributed by atoms with Gasteiger partial charge in [0.15, 0.2) is 0 Å². The number of rotatable bonds is 2. The fourth-order valence-corrected chi connectivity index (χ4v) is 1.65. The van der Waals surface area contributed by atoms with E-state index in [-0.39, 0.29) is 34.5 Å². The monoisotopic (exact) mass is 238 g/mol. The number of nitrogens with two attached hydrogens (primary N) is 1. The Morgan fingerprint density at radius 1 is 1.27 bits per heavy atom. The van der Waals surface area contributed by atoms with Gasteiger partial charge in [-0.15, -0.1) is 0 Å². The summed E-state index contributed by atoms with van der Waals surface area (Å²) in [4.78, 5) is 9.84. The maximum Gasteiger partial charge on any atom is 1.00 e. The molecule has 0 saturated carbocycles. The third-order valence-corrected chi connectivity index (χ3v) is 2.74. The molecule has 0 aliphatic heterocycles. The standard InChI is InChI=1S/C7H8N2O4S.Na/c8-5-1-3-6(4-2-5)14(12,13)9-7(10)11;/h1-4,9H,8H2,(H,10,11);/q;+1/p-1. The van der Waals surface area contributed by atoms with E-state index in [0.29, 0.717) is 5.69 Å². The zero-order chi connectivity index (χ0) is 10.8. The van der Waals surface area contributed by atoms with Crippen LogP contribution in [0.15, 0.2) is 29.2 Å². The van der Waals surface area contributed by atoms with E-state index in [1.54, 1.807) is 0 Å². The number of carbonyl (C=O) groups is 1. The molecule has 3 N–H and O–H groups in total. The molecule has 0 aliphatic rings. The van der Waals surface area contributed by atoms with Gasteiger partial charge in [0.2, 0.25) is 0 Å². The molecule has 6 nitrogen and oxygen atoms in total. The van der Waals surface area contributed by atoms with Crippen LogP contribution in [0.25, 0.3) is 0 Å². The molecule has 1 rings (SSSR count). The van der Waals surface area contributed by atoms with Crippen molar-refractivity contribution < 1.29 is 47.9 Å². The van der Waals surface area contributed by atoms with Crippen molar-refractivity contribution >= 4 is 21.8 Å². The third kappa shape index (κ3) is 4.08. The molecule has 1 aromatic carbocycles. The van der Waals surface area contributed by atoms with Crippen molar-refractivity contribution in [3.63, 3.8) is 0 Å². The Balaban J connectivity index is 0.00000196. The predicted molar refractivity (Wildman–Crippen MR) is 46.6 cm³/mol. The van der Waals surface area contributed by atoms with Crippen molar-refractivity contribution in [1.82, 2.24) is 4.72 Å². The van der Waals surface area contributed by atoms with Crippen LogP contribution in [0.3, 0.4) is 0 Å². The summed E-state index contributed by atoms with van der Waals surface area (Å²) in [6, 6.07) is 5.09. The summed E-state index contributed by atoms with van der Waals surface area (Å²) in [6.07, 6.45) is -1.87. The van der Waals surface area contributed by atoms with Gasteiger partial charge in [-0.05, 0) is 24.3 Å². The first kappa shape index (κ1) is 14.2. The molecule has 8 heteroatoms. The van der Waals surface area contributed by atoms with Crippen LogP contribution in [0, 0.1) is 0 Å². The van der Waals surface area contributed by atoms with Gasteiger partial charge in [0.05, 0.1) is 4.90 Å². The number of amides is 1. The first-order valence-electron chi connectivity index (χ1n) is 3.51. The zero-order valence-electron chi connectivity index (χ0n) is 7.93. The molecular weight excluding hydrogens is 231 g/mol. The molecule has 0 fully saturated rings. The number of carbonyl (C=O) groups excluding carboxylic acids is 1. The van der Waals surface area contributed by atoms with Gasteiger partial charge in [0.25, 0.3) is 10.0 Å². The SMILES string of the molecule is Nc1ccc(S(=O)(=O)NC(=O)[O-])cc1.[Na+]. The summed E-state index contributed by atoms with van der Waals surface area (Å²) in [6.45, 7) is 0. The quantitative estimate of drug-likeness (QED) is 0.401. The van der Waals surface area contributed by atoms with Crippen molar-refractivity contribution in [1.29, 1.82) is 0 Å². The molecule has 0 radical (unpaired) electrons. The van der Waals surface area contributed by atoms with Crippen LogP contribution in [0.5, 0.6) is 0 Å². The topological polar surface area (TPSA) is 112 Å². The fourth-order valence-electron chi connectivity index (χ4n) is 0.816. The number of sulfonamides is 1. The minimum atomic E-state index is -4.04.